The fraction of sp³-hybridized carbons (Fsp3) is 0.500. The topological polar surface area (TPSA) is 63.4 Å². The zero-order valence-electron chi connectivity index (χ0n) is 10.5. The first-order valence-electron chi connectivity index (χ1n) is 6.01. The summed E-state index contributed by atoms with van der Waals surface area (Å²) in [6.45, 7) is 2.35. The number of nitrogens with zero attached hydrogens (tertiary/aromatic N) is 1. The van der Waals surface area contributed by atoms with Crippen molar-refractivity contribution in [2.24, 2.45) is 11.7 Å². The predicted octanol–water partition coefficient (Wildman–Crippen LogP) is 1.32. The molecule has 7 heteroatoms. The van der Waals surface area contributed by atoms with E-state index < -0.39 is 26.6 Å². The maximum absolute atomic E-state index is 13.6. The Labute approximate surface area is 111 Å². The smallest absolute Gasteiger partial charge is 0.246 e. The largest absolute Gasteiger partial charge is 0.326 e. The average molecular weight is 290 g/mol. The Balaban J connectivity index is 2.36. The Bertz CT molecular complexity index is 567. The molecule has 1 aromatic carbocycles. The Morgan fingerprint density at radius 2 is 2.00 bits per heavy atom. The second kappa shape index (κ2) is 5.15. The number of benzene rings is 1. The second-order valence-electron chi connectivity index (χ2n) is 5.00. The normalized spacial score (nSPS) is 25.5. The molecule has 2 rings (SSSR count). The van der Waals surface area contributed by atoms with E-state index in [0.29, 0.717) is 12.6 Å². The molecule has 0 spiro atoms. The summed E-state index contributed by atoms with van der Waals surface area (Å²) in [6, 6.07) is 2.19. The van der Waals surface area contributed by atoms with Crippen LogP contribution in [0.4, 0.5) is 8.78 Å². The van der Waals surface area contributed by atoms with Crippen LogP contribution in [0.5, 0.6) is 0 Å². The molecular formula is C12H16F2N2O2S. The van der Waals surface area contributed by atoms with Crippen LogP contribution in [0.3, 0.4) is 0 Å². The van der Waals surface area contributed by atoms with Gasteiger partial charge in [0.1, 0.15) is 16.5 Å². The summed E-state index contributed by atoms with van der Waals surface area (Å²) in [4.78, 5) is -0.504. The molecule has 2 N–H and O–H groups in total. The number of hydrogen-bond acceptors (Lipinski definition) is 3. The van der Waals surface area contributed by atoms with Gasteiger partial charge in [-0.2, -0.15) is 4.31 Å². The van der Waals surface area contributed by atoms with Gasteiger partial charge in [-0.1, -0.05) is 6.92 Å². The van der Waals surface area contributed by atoms with Gasteiger partial charge in [0.2, 0.25) is 10.0 Å². The van der Waals surface area contributed by atoms with Crippen molar-refractivity contribution < 1.29 is 17.2 Å². The van der Waals surface area contributed by atoms with E-state index in [0.717, 1.165) is 18.6 Å². The number of piperidine rings is 1. The quantitative estimate of drug-likeness (QED) is 0.893. The summed E-state index contributed by atoms with van der Waals surface area (Å²) in [5.41, 5.74) is 5.79. The molecule has 0 amide bonds. The third-order valence-corrected chi connectivity index (χ3v) is 5.04. The van der Waals surface area contributed by atoms with Crippen LogP contribution in [0, 0.1) is 17.6 Å². The molecule has 106 valence electrons. The Morgan fingerprint density at radius 3 is 2.58 bits per heavy atom. The van der Waals surface area contributed by atoms with Crippen molar-refractivity contribution in [2.45, 2.75) is 24.3 Å². The molecule has 1 aliphatic heterocycles. The molecule has 4 nitrogen and oxygen atoms in total. The lowest BCUT2D eigenvalue weighted by molar-refractivity contribution is 0.254. The standard InChI is InChI=1S/C12H16F2N2O2S/c1-8-4-10(15)7-16(6-8)19(17,18)12-3-2-9(13)5-11(12)14/h2-3,5,8,10H,4,6-7,15H2,1H3. The van der Waals surface area contributed by atoms with Gasteiger partial charge in [0.15, 0.2) is 0 Å². The van der Waals surface area contributed by atoms with Crippen molar-refractivity contribution in [1.82, 2.24) is 4.31 Å². The molecule has 0 aliphatic carbocycles. The summed E-state index contributed by atoms with van der Waals surface area (Å²) >= 11 is 0. The van der Waals surface area contributed by atoms with E-state index in [4.69, 9.17) is 5.73 Å². The summed E-state index contributed by atoms with van der Waals surface area (Å²) in [5.74, 6) is -1.77. The molecule has 2 atom stereocenters. The minimum Gasteiger partial charge on any atom is -0.326 e. The minimum atomic E-state index is -3.96. The van der Waals surface area contributed by atoms with Crippen molar-refractivity contribution in [3.63, 3.8) is 0 Å². The van der Waals surface area contributed by atoms with Gasteiger partial charge in [0.25, 0.3) is 0 Å². The third kappa shape index (κ3) is 2.93. The van der Waals surface area contributed by atoms with E-state index in [1.807, 2.05) is 6.92 Å². The molecule has 1 fully saturated rings. The average Bonchev–Trinajstić information content (AvgIpc) is 2.26. The van der Waals surface area contributed by atoms with Crippen LogP contribution in [0.15, 0.2) is 23.1 Å². The van der Waals surface area contributed by atoms with Crippen LogP contribution in [0.2, 0.25) is 0 Å². The Kier molecular flexibility index (Phi) is 3.89. The third-order valence-electron chi connectivity index (χ3n) is 3.17. The summed E-state index contributed by atoms with van der Waals surface area (Å²) in [7, 11) is -3.96. The fourth-order valence-corrected chi connectivity index (χ4v) is 4.03. The summed E-state index contributed by atoms with van der Waals surface area (Å²) < 4.78 is 52.3. The SMILES string of the molecule is CC1CC(N)CN(S(=O)(=O)c2ccc(F)cc2F)C1. The van der Waals surface area contributed by atoms with Crippen LogP contribution in [0.25, 0.3) is 0 Å². The molecule has 0 aromatic heterocycles. The zero-order chi connectivity index (χ0) is 14.2. The van der Waals surface area contributed by atoms with Crippen molar-refractivity contribution >= 4 is 10.0 Å². The van der Waals surface area contributed by atoms with Gasteiger partial charge in [0, 0.05) is 25.2 Å². The number of halogens is 2. The minimum absolute atomic E-state index is 0.113. The van der Waals surface area contributed by atoms with E-state index in [1.165, 1.54) is 4.31 Å². The van der Waals surface area contributed by atoms with Gasteiger partial charge in [-0.25, -0.2) is 17.2 Å². The number of nitrogens with two attached hydrogens (primary N) is 1. The van der Waals surface area contributed by atoms with Gasteiger partial charge >= 0.3 is 0 Å². The highest BCUT2D eigenvalue weighted by Gasteiger charge is 2.33. The molecule has 2 unspecified atom stereocenters. The lowest BCUT2D eigenvalue weighted by atomic mass is 9.99. The molecule has 0 bridgehead atoms. The predicted molar refractivity (Wildman–Crippen MR) is 66.9 cm³/mol. The maximum atomic E-state index is 13.6. The lowest BCUT2D eigenvalue weighted by Crippen LogP contribution is -2.48. The highest BCUT2D eigenvalue weighted by Crippen LogP contribution is 2.25. The van der Waals surface area contributed by atoms with Crippen LogP contribution in [-0.2, 0) is 10.0 Å². The highest BCUT2D eigenvalue weighted by atomic mass is 32.2. The molecular weight excluding hydrogens is 274 g/mol. The van der Waals surface area contributed by atoms with E-state index in [2.05, 4.69) is 0 Å². The van der Waals surface area contributed by atoms with Crippen LogP contribution >= 0.6 is 0 Å². The molecule has 1 aliphatic rings. The second-order valence-corrected chi connectivity index (χ2v) is 6.90. The van der Waals surface area contributed by atoms with Gasteiger partial charge in [-0.3, -0.25) is 0 Å². The first-order chi connectivity index (χ1) is 8.80. The molecule has 0 saturated carbocycles. The van der Waals surface area contributed by atoms with Crippen LogP contribution in [-0.4, -0.2) is 31.9 Å². The van der Waals surface area contributed by atoms with E-state index >= 15 is 0 Å². The summed E-state index contributed by atoms with van der Waals surface area (Å²) in [5, 5.41) is 0. The Hall–Kier alpha value is -1.05. The zero-order valence-corrected chi connectivity index (χ0v) is 11.3. The summed E-state index contributed by atoms with van der Waals surface area (Å²) in [6.07, 6.45) is 0.734. The van der Waals surface area contributed by atoms with Crippen molar-refractivity contribution in [3.8, 4) is 0 Å². The van der Waals surface area contributed by atoms with Crippen molar-refractivity contribution in [1.29, 1.82) is 0 Å². The number of sulfonamides is 1. The lowest BCUT2D eigenvalue weighted by Gasteiger charge is -2.33. The Morgan fingerprint density at radius 1 is 1.32 bits per heavy atom. The van der Waals surface area contributed by atoms with Gasteiger partial charge in [-0.15, -0.1) is 0 Å². The van der Waals surface area contributed by atoms with Crippen LogP contribution < -0.4 is 5.73 Å². The maximum Gasteiger partial charge on any atom is 0.246 e. The molecule has 19 heavy (non-hydrogen) atoms. The van der Waals surface area contributed by atoms with Crippen LogP contribution in [0.1, 0.15) is 13.3 Å². The molecule has 1 saturated heterocycles. The number of hydrogen-bond donors (Lipinski definition) is 1. The number of rotatable bonds is 2. The monoisotopic (exact) mass is 290 g/mol. The van der Waals surface area contributed by atoms with E-state index in [1.54, 1.807) is 0 Å². The fourth-order valence-electron chi connectivity index (χ4n) is 2.37. The first-order valence-corrected chi connectivity index (χ1v) is 7.45. The molecule has 1 aromatic rings. The van der Waals surface area contributed by atoms with Gasteiger partial charge < -0.3 is 5.73 Å². The van der Waals surface area contributed by atoms with E-state index in [9.17, 15) is 17.2 Å². The van der Waals surface area contributed by atoms with Gasteiger partial charge in [0.05, 0.1) is 0 Å². The highest BCUT2D eigenvalue weighted by molar-refractivity contribution is 7.89. The van der Waals surface area contributed by atoms with Gasteiger partial charge in [-0.05, 0) is 24.5 Å². The molecule has 1 heterocycles. The van der Waals surface area contributed by atoms with Crippen molar-refractivity contribution in [2.75, 3.05) is 13.1 Å². The molecule has 0 radical (unpaired) electrons. The van der Waals surface area contributed by atoms with Crippen molar-refractivity contribution in [3.05, 3.63) is 29.8 Å². The first kappa shape index (κ1) is 14.4. The van der Waals surface area contributed by atoms with E-state index in [-0.39, 0.29) is 18.5 Å².